The van der Waals surface area contributed by atoms with Crippen molar-refractivity contribution in [3.05, 3.63) is 35.8 Å². The van der Waals surface area contributed by atoms with Crippen molar-refractivity contribution in [3.63, 3.8) is 0 Å². The predicted molar refractivity (Wildman–Crippen MR) is 78.7 cm³/mol. The molecule has 0 N–H and O–H groups in total. The molecule has 1 saturated heterocycles. The molecule has 1 amide bonds. The Kier molecular flexibility index (Phi) is 3.72. The maximum atomic E-state index is 12.4. The molecular formula is C16H21N3O. The van der Waals surface area contributed by atoms with Gasteiger partial charge in [0.2, 0.25) is 5.91 Å². The summed E-state index contributed by atoms with van der Waals surface area (Å²) in [7, 11) is 0. The normalized spacial score (nSPS) is 16.4. The van der Waals surface area contributed by atoms with Crippen LogP contribution in [0.2, 0.25) is 0 Å². The average Bonchev–Trinajstić information content (AvgIpc) is 2.67. The number of rotatable bonds is 2. The molecule has 20 heavy (non-hydrogen) atoms. The first-order valence-corrected chi connectivity index (χ1v) is 7.45. The highest BCUT2D eigenvalue weighted by Crippen LogP contribution is 2.13. The minimum absolute atomic E-state index is 0.216. The first kappa shape index (κ1) is 13.2. The smallest absolute Gasteiger partial charge is 0.228 e. The van der Waals surface area contributed by atoms with Crippen LogP contribution in [-0.2, 0) is 11.2 Å². The summed E-state index contributed by atoms with van der Waals surface area (Å²) >= 11 is 0. The molecule has 2 aromatic heterocycles. The molecule has 0 saturated carbocycles. The molecule has 3 heterocycles. The molecule has 106 valence electrons. The lowest BCUT2D eigenvalue weighted by Gasteiger charge is -2.19. The number of aromatic nitrogens is 2. The van der Waals surface area contributed by atoms with E-state index in [2.05, 4.69) is 4.98 Å². The molecular weight excluding hydrogens is 250 g/mol. The number of hydrogen-bond acceptors (Lipinski definition) is 2. The summed E-state index contributed by atoms with van der Waals surface area (Å²) in [5.74, 6) is 0.216. The molecule has 0 atom stereocenters. The van der Waals surface area contributed by atoms with Crippen LogP contribution >= 0.6 is 0 Å². The Morgan fingerprint density at radius 3 is 2.70 bits per heavy atom. The molecule has 1 fully saturated rings. The van der Waals surface area contributed by atoms with Gasteiger partial charge in [0.1, 0.15) is 5.65 Å². The van der Waals surface area contributed by atoms with Crippen LogP contribution in [-0.4, -0.2) is 33.3 Å². The number of fused-ring (bicyclic) bond motifs is 1. The van der Waals surface area contributed by atoms with Crippen LogP contribution in [0.5, 0.6) is 0 Å². The Hall–Kier alpha value is -1.84. The number of hydrogen-bond donors (Lipinski definition) is 0. The first-order chi connectivity index (χ1) is 9.74. The van der Waals surface area contributed by atoms with Gasteiger partial charge in [-0.05, 0) is 31.4 Å². The maximum Gasteiger partial charge on any atom is 0.228 e. The molecule has 0 aromatic carbocycles. The summed E-state index contributed by atoms with van der Waals surface area (Å²) in [6, 6.07) is 4.05. The van der Waals surface area contributed by atoms with Crippen LogP contribution in [0.15, 0.2) is 24.5 Å². The number of amides is 1. The van der Waals surface area contributed by atoms with Crippen molar-refractivity contribution >= 4 is 11.6 Å². The van der Waals surface area contributed by atoms with Gasteiger partial charge in [-0.15, -0.1) is 0 Å². The molecule has 1 aliphatic rings. The standard InChI is InChI=1S/C16H21N3O/c1-13-7-6-10-19-12-14(17-16(13)19)11-15(20)18-8-4-2-3-5-9-18/h6-7,10,12H,2-5,8-9,11H2,1H3. The number of carbonyl (C=O) groups excluding carboxylic acids is 1. The van der Waals surface area contributed by atoms with Gasteiger partial charge in [-0.1, -0.05) is 18.9 Å². The maximum absolute atomic E-state index is 12.4. The van der Waals surface area contributed by atoms with Crippen molar-refractivity contribution in [3.8, 4) is 0 Å². The van der Waals surface area contributed by atoms with Gasteiger partial charge in [0.05, 0.1) is 12.1 Å². The molecule has 0 aliphatic carbocycles. The van der Waals surface area contributed by atoms with E-state index in [1.54, 1.807) is 0 Å². The highest BCUT2D eigenvalue weighted by Gasteiger charge is 2.17. The lowest BCUT2D eigenvalue weighted by molar-refractivity contribution is -0.130. The summed E-state index contributed by atoms with van der Waals surface area (Å²) in [5, 5.41) is 0. The van der Waals surface area contributed by atoms with Crippen molar-refractivity contribution < 1.29 is 4.79 Å². The van der Waals surface area contributed by atoms with E-state index >= 15 is 0 Å². The fourth-order valence-corrected chi connectivity index (χ4v) is 2.88. The van der Waals surface area contributed by atoms with E-state index in [1.807, 2.05) is 40.8 Å². The van der Waals surface area contributed by atoms with Gasteiger partial charge in [0.15, 0.2) is 0 Å². The van der Waals surface area contributed by atoms with Crippen molar-refractivity contribution in [2.24, 2.45) is 0 Å². The zero-order valence-corrected chi connectivity index (χ0v) is 12.0. The summed E-state index contributed by atoms with van der Waals surface area (Å²) in [6.45, 7) is 3.86. The van der Waals surface area contributed by atoms with Gasteiger partial charge < -0.3 is 9.30 Å². The zero-order chi connectivity index (χ0) is 13.9. The fraction of sp³-hybridized carbons (Fsp3) is 0.500. The topological polar surface area (TPSA) is 37.6 Å². The molecule has 4 nitrogen and oxygen atoms in total. The van der Waals surface area contributed by atoms with E-state index in [9.17, 15) is 4.79 Å². The van der Waals surface area contributed by atoms with Gasteiger partial charge in [-0.3, -0.25) is 4.79 Å². The SMILES string of the molecule is Cc1cccn2cc(CC(=O)N3CCCCCC3)nc12. The van der Waals surface area contributed by atoms with E-state index in [1.165, 1.54) is 12.8 Å². The first-order valence-electron chi connectivity index (χ1n) is 7.45. The van der Waals surface area contributed by atoms with Crippen molar-refractivity contribution in [1.29, 1.82) is 0 Å². The monoisotopic (exact) mass is 271 g/mol. The van der Waals surface area contributed by atoms with Crippen LogP contribution in [0.25, 0.3) is 5.65 Å². The van der Waals surface area contributed by atoms with Crippen LogP contribution in [0, 0.1) is 6.92 Å². The van der Waals surface area contributed by atoms with E-state index in [0.717, 1.165) is 42.8 Å². The second-order valence-corrected chi connectivity index (χ2v) is 5.63. The Balaban J connectivity index is 1.75. The van der Waals surface area contributed by atoms with Crippen molar-refractivity contribution in [2.75, 3.05) is 13.1 Å². The molecule has 0 bridgehead atoms. The minimum Gasteiger partial charge on any atom is -0.342 e. The number of aryl methyl sites for hydroxylation is 1. The van der Waals surface area contributed by atoms with Gasteiger partial charge in [-0.2, -0.15) is 0 Å². The highest BCUT2D eigenvalue weighted by atomic mass is 16.2. The second-order valence-electron chi connectivity index (χ2n) is 5.63. The summed E-state index contributed by atoms with van der Waals surface area (Å²) < 4.78 is 2.00. The van der Waals surface area contributed by atoms with Crippen LogP contribution < -0.4 is 0 Å². The third-order valence-corrected chi connectivity index (χ3v) is 4.02. The van der Waals surface area contributed by atoms with Crippen LogP contribution in [0.3, 0.4) is 0 Å². The number of imidazole rings is 1. The number of carbonyl (C=O) groups is 1. The second kappa shape index (κ2) is 5.65. The molecule has 1 aliphatic heterocycles. The summed E-state index contributed by atoms with van der Waals surface area (Å²) in [4.78, 5) is 18.9. The van der Waals surface area contributed by atoms with E-state index in [0.29, 0.717) is 6.42 Å². The highest BCUT2D eigenvalue weighted by molar-refractivity contribution is 5.78. The fourth-order valence-electron chi connectivity index (χ4n) is 2.88. The third kappa shape index (κ3) is 2.69. The quantitative estimate of drug-likeness (QED) is 0.842. The van der Waals surface area contributed by atoms with Crippen molar-refractivity contribution in [1.82, 2.24) is 14.3 Å². The Bertz CT molecular complexity index is 609. The van der Waals surface area contributed by atoms with Gasteiger partial charge in [0, 0.05) is 25.5 Å². The van der Waals surface area contributed by atoms with Gasteiger partial charge >= 0.3 is 0 Å². The molecule has 0 unspecified atom stereocenters. The average molecular weight is 271 g/mol. The van der Waals surface area contributed by atoms with E-state index < -0.39 is 0 Å². The lowest BCUT2D eigenvalue weighted by Crippen LogP contribution is -2.33. The number of nitrogens with zero attached hydrogens (tertiary/aromatic N) is 3. The van der Waals surface area contributed by atoms with Crippen LogP contribution in [0.1, 0.15) is 36.9 Å². The molecule has 4 heteroatoms. The number of likely N-dealkylation sites (tertiary alicyclic amines) is 1. The van der Waals surface area contributed by atoms with E-state index in [4.69, 9.17) is 0 Å². The van der Waals surface area contributed by atoms with Crippen LogP contribution in [0.4, 0.5) is 0 Å². The Morgan fingerprint density at radius 1 is 1.25 bits per heavy atom. The summed E-state index contributed by atoms with van der Waals surface area (Å²) in [6.07, 6.45) is 9.13. The minimum atomic E-state index is 0.216. The Morgan fingerprint density at radius 2 is 2.00 bits per heavy atom. The summed E-state index contributed by atoms with van der Waals surface area (Å²) in [5.41, 5.74) is 2.96. The Labute approximate surface area is 119 Å². The third-order valence-electron chi connectivity index (χ3n) is 4.02. The zero-order valence-electron chi connectivity index (χ0n) is 12.0. The van der Waals surface area contributed by atoms with Gasteiger partial charge in [-0.25, -0.2) is 4.98 Å². The largest absolute Gasteiger partial charge is 0.342 e. The predicted octanol–water partition coefficient (Wildman–Crippen LogP) is 2.59. The van der Waals surface area contributed by atoms with Crippen molar-refractivity contribution in [2.45, 2.75) is 39.0 Å². The number of pyridine rings is 1. The molecule has 2 aromatic rings. The molecule has 3 rings (SSSR count). The molecule has 0 radical (unpaired) electrons. The van der Waals surface area contributed by atoms with Gasteiger partial charge in [0.25, 0.3) is 0 Å². The lowest BCUT2D eigenvalue weighted by atomic mass is 10.2. The van der Waals surface area contributed by atoms with E-state index in [-0.39, 0.29) is 5.91 Å². The molecule has 0 spiro atoms.